The zero-order chi connectivity index (χ0) is 22.5. The second-order valence-corrected chi connectivity index (χ2v) is 9.05. The van der Waals surface area contributed by atoms with Crippen LogP contribution in [0.2, 0.25) is 0 Å². The summed E-state index contributed by atoms with van der Waals surface area (Å²) in [5.74, 6) is 0.581. The van der Waals surface area contributed by atoms with E-state index in [1.165, 1.54) is 27.6 Å². The van der Waals surface area contributed by atoms with E-state index in [4.69, 9.17) is 10.1 Å². The molecule has 0 saturated carbocycles. The summed E-state index contributed by atoms with van der Waals surface area (Å²) in [6, 6.07) is 21.7. The number of hydrogen-bond donors (Lipinski definition) is 2. The van der Waals surface area contributed by atoms with Crippen molar-refractivity contribution in [3.8, 4) is 0 Å². The lowest BCUT2D eigenvalue weighted by molar-refractivity contribution is 0.550. The molecule has 168 valence electrons. The molecule has 2 aromatic heterocycles. The fraction of sp³-hybridized carbons (Fsp3) is 0.222. The van der Waals surface area contributed by atoms with Crippen LogP contribution >= 0.6 is 0 Å². The van der Waals surface area contributed by atoms with Crippen LogP contribution in [-0.4, -0.2) is 45.9 Å². The molecule has 7 nitrogen and oxygen atoms in total. The Hall–Kier alpha value is -3.97. The second kappa shape index (κ2) is 7.81. The van der Waals surface area contributed by atoms with Crippen LogP contribution in [0.3, 0.4) is 0 Å². The van der Waals surface area contributed by atoms with E-state index in [0.717, 1.165) is 49.3 Å². The van der Waals surface area contributed by atoms with E-state index in [2.05, 4.69) is 85.9 Å². The third-order valence-electron chi connectivity index (χ3n) is 7.03. The summed E-state index contributed by atoms with van der Waals surface area (Å²) < 4.78 is 2.06. The molecule has 1 aliphatic heterocycles. The number of nitrogens with one attached hydrogen (secondary N) is 2. The van der Waals surface area contributed by atoms with E-state index in [-0.39, 0.29) is 6.04 Å². The van der Waals surface area contributed by atoms with Gasteiger partial charge in [0.2, 0.25) is 5.95 Å². The molecule has 5 aromatic rings. The zero-order valence-electron chi connectivity index (χ0n) is 18.8. The Balaban J connectivity index is 1.19. The Morgan fingerprint density at radius 3 is 2.56 bits per heavy atom. The number of benzene rings is 3. The highest BCUT2D eigenvalue weighted by atomic mass is 15.3. The smallest absolute Gasteiger partial charge is 0.229 e. The maximum absolute atomic E-state index is 4.87. The first-order valence-electron chi connectivity index (χ1n) is 11.9. The molecule has 1 atom stereocenters. The molecular formula is C27H25N7. The molecule has 7 rings (SSSR count). The first-order chi connectivity index (χ1) is 16.8. The SMILES string of the molecule is c1cc2c3c(cccc3c1)C(n1ncc3cnc(Nc4ccc(N5CCNCC5)cc4)nc31)C2. The van der Waals surface area contributed by atoms with Crippen molar-refractivity contribution in [3.05, 3.63) is 84.2 Å². The maximum Gasteiger partial charge on any atom is 0.229 e. The lowest BCUT2D eigenvalue weighted by Crippen LogP contribution is -2.43. The van der Waals surface area contributed by atoms with Crippen molar-refractivity contribution in [1.29, 1.82) is 0 Å². The molecular weight excluding hydrogens is 422 g/mol. The average Bonchev–Trinajstić information content (AvgIpc) is 3.48. The molecule has 2 N–H and O–H groups in total. The molecule has 0 amide bonds. The zero-order valence-corrected chi connectivity index (χ0v) is 18.8. The lowest BCUT2D eigenvalue weighted by Gasteiger charge is -2.29. The summed E-state index contributed by atoms with van der Waals surface area (Å²) in [5, 5.41) is 15.1. The minimum absolute atomic E-state index is 0.139. The molecule has 7 heteroatoms. The van der Waals surface area contributed by atoms with Gasteiger partial charge in [-0.05, 0) is 52.6 Å². The Morgan fingerprint density at radius 2 is 1.71 bits per heavy atom. The summed E-state index contributed by atoms with van der Waals surface area (Å²) in [5.41, 5.74) is 5.76. The summed E-state index contributed by atoms with van der Waals surface area (Å²) in [6.07, 6.45) is 4.64. The molecule has 3 heterocycles. The van der Waals surface area contributed by atoms with Gasteiger partial charge in [-0.15, -0.1) is 0 Å². The number of piperazine rings is 1. The van der Waals surface area contributed by atoms with Crippen molar-refractivity contribution < 1.29 is 0 Å². The third kappa shape index (κ3) is 3.20. The molecule has 0 bridgehead atoms. The lowest BCUT2D eigenvalue weighted by atomic mass is 10.0. The molecule has 34 heavy (non-hydrogen) atoms. The van der Waals surface area contributed by atoms with E-state index in [0.29, 0.717) is 5.95 Å². The minimum Gasteiger partial charge on any atom is -0.369 e. The molecule has 1 unspecified atom stereocenters. The van der Waals surface area contributed by atoms with Gasteiger partial charge in [-0.1, -0.05) is 36.4 Å². The van der Waals surface area contributed by atoms with Crippen LogP contribution in [0.15, 0.2) is 73.1 Å². The highest BCUT2D eigenvalue weighted by Crippen LogP contribution is 2.39. The Kier molecular flexibility index (Phi) is 4.48. The summed E-state index contributed by atoms with van der Waals surface area (Å²) in [6.45, 7) is 4.13. The van der Waals surface area contributed by atoms with Gasteiger partial charge < -0.3 is 15.5 Å². The van der Waals surface area contributed by atoms with Gasteiger partial charge in [-0.3, -0.25) is 0 Å². The van der Waals surface area contributed by atoms with E-state index < -0.39 is 0 Å². The fourth-order valence-electron chi connectivity index (χ4n) is 5.37. The fourth-order valence-corrected chi connectivity index (χ4v) is 5.37. The van der Waals surface area contributed by atoms with Gasteiger partial charge in [0, 0.05) is 43.8 Å². The first kappa shape index (κ1) is 19.5. The largest absolute Gasteiger partial charge is 0.369 e. The predicted molar refractivity (Wildman–Crippen MR) is 136 cm³/mol. The summed E-state index contributed by atoms with van der Waals surface area (Å²) in [4.78, 5) is 11.8. The molecule has 3 aromatic carbocycles. The van der Waals surface area contributed by atoms with Crippen molar-refractivity contribution in [2.45, 2.75) is 12.5 Å². The normalized spacial score (nSPS) is 17.5. The monoisotopic (exact) mass is 447 g/mol. The maximum atomic E-state index is 4.87. The van der Waals surface area contributed by atoms with Gasteiger partial charge in [-0.2, -0.15) is 10.1 Å². The summed E-state index contributed by atoms with van der Waals surface area (Å²) in [7, 11) is 0. The van der Waals surface area contributed by atoms with Crippen LogP contribution in [0.1, 0.15) is 17.2 Å². The van der Waals surface area contributed by atoms with Gasteiger partial charge in [0.1, 0.15) is 0 Å². The minimum atomic E-state index is 0.139. The van der Waals surface area contributed by atoms with Gasteiger partial charge in [0.15, 0.2) is 5.65 Å². The molecule has 0 radical (unpaired) electrons. The molecule has 1 aliphatic carbocycles. The van der Waals surface area contributed by atoms with Gasteiger partial charge in [-0.25, -0.2) is 9.67 Å². The van der Waals surface area contributed by atoms with Crippen LogP contribution < -0.4 is 15.5 Å². The first-order valence-corrected chi connectivity index (χ1v) is 11.9. The quantitative estimate of drug-likeness (QED) is 0.429. The van der Waals surface area contributed by atoms with Gasteiger partial charge in [0.05, 0.1) is 17.6 Å². The Labute approximate surface area is 197 Å². The van der Waals surface area contributed by atoms with Crippen LogP contribution in [0.4, 0.5) is 17.3 Å². The number of fused-ring (bicyclic) bond motifs is 1. The number of anilines is 3. The van der Waals surface area contributed by atoms with Crippen LogP contribution in [0.25, 0.3) is 21.8 Å². The van der Waals surface area contributed by atoms with E-state index in [1.54, 1.807) is 0 Å². The number of rotatable bonds is 4. The molecule has 1 fully saturated rings. The Bertz CT molecular complexity index is 1490. The van der Waals surface area contributed by atoms with E-state index in [9.17, 15) is 0 Å². The van der Waals surface area contributed by atoms with Crippen LogP contribution in [0, 0.1) is 0 Å². The van der Waals surface area contributed by atoms with Crippen molar-refractivity contribution in [3.63, 3.8) is 0 Å². The number of aromatic nitrogens is 4. The number of hydrogen-bond acceptors (Lipinski definition) is 6. The van der Waals surface area contributed by atoms with E-state index in [1.807, 2.05) is 12.4 Å². The average molecular weight is 448 g/mol. The summed E-state index contributed by atoms with van der Waals surface area (Å²) >= 11 is 0. The predicted octanol–water partition coefficient (Wildman–Crippen LogP) is 4.28. The van der Waals surface area contributed by atoms with Gasteiger partial charge >= 0.3 is 0 Å². The standard InChI is InChI=1S/C27H25N7/c1-3-18-4-2-6-23-24(15-19(5-1)25(18)23)34-26-20(17-30-34)16-29-27(32-26)31-21-7-9-22(10-8-21)33-13-11-28-12-14-33/h1-10,16-17,24,28H,11-15H2,(H,29,31,32). The van der Waals surface area contributed by atoms with Crippen LogP contribution in [0.5, 0.6) is 0 Å². The third-order valence-corrected chi connectivity index (χ3v) is 7.03. The van der Waals surface area contributed by atoms with Crippen molar-refractivity contribution in [2.24, 2.45) is 0 Å². The van der Waals surface area contributed by atoms with Crippen LogP contribution in [-0.2, 0) is 6.42 Å². The highest BCUT2D eigenvalue weighted by Gasteiger charge is 2.27. The second-order valence-electron chi connectivity index (χ2n) is 9.05. The Morgan fingerprint density at radius 1 is 0.882 bits per heavy atom. The number of nitrogens with zero attached hydrogens (tertiary/aromatic N) is 5. The molecule has 2 aliphatic rings. The van der Waals surface area contributed by atoms with Crippen molar-refractivity contribution in [1.82, 2.24) is 25.1 Å². The van der Waals surface area contributed by atoms with Crippen molar-refractivity contribution >= 4 is 39.1 Å². The molecule has 0 spiro atoms. The van der Waals surface area contributed by atoms with E-state index >= 15 is 0 Å². The topological polar surface area (TPSA) is 70.9 Å². The van der Waals surface area contributed by atoms with Gasteiger partial charge in [0.25, 0.3) is 0 Å². The molecule has 1 saturated heterocycles. The van der Waals surface area contributed by atoms with Crippen molar-refractivity contribution in [2.75, 3.05) is 36.4 Å². The highest BCUT2D eigenvalue weighted by molar-refractivity contribution is 5.91.